The van der Waals surface area contributed by atoms with Gasteiger partial charge in [0.05, 0.1) is 11.2 Å². The minimum Gasteiger partial charge on any atom is -0.292 e. The van der Waals surface area contributed by atoms with Gasteiger partial charge in [0.25, 0.3) is 0 Å². The predicted octanol–water partition coefficient (Wildman–Crippen LogP) is 2.84. The third-order valence-electron chi connectivity index (χ3n) is 2.17. The first-order valence-electron chi connectivity index (χ1n) is 4.87. The third-order valence-corrected chi connectivity index (χ3v) is 2.44. The molecule has 0 bridgehead atoms. The van der Waals surface area contributed by atoms with Gasteiger partial charge in [0.2, 0.25) is 0 Å². The molecule has 0 aliphatic rings. The number of unbranched alkanes of at least 4 members (excludes halogenated alkanes) is 2. The maximum Gasteiger partial charge on any atom is 0.182 e. The maximum absolute atomic E-state index is 11.7. The van der Waals surface area contributed by atoms with E-state index in [-0.39, 0.29) is 5.78 Å². The van der Waals surface area contributed by atoms with E-state index in [1.165, 1.54) is 10.9 Å². The Bertz CT molecular complexity index is 300. The van der Waals surface area contributed by atoms with E-state index in [2.05, 4.69) is 12.0 Å². The summed E-state index contributed by atoms with van der Waals surface area (Å²) in [6, 6.07) is 0. The van der Waals surface area contributed by atoms with Gasteiger partial charge in [0, 0.05) is 13.5 Å². The van der Waals surface area contributed by atoms with E-state index in [4.69, 9.17) is 11.6 Å². The van der Waals surface area contributed by atoms with Crippen LogP contribution in [-0.2, 0) is 7.05 Å². The minimum atomic E-state index is 0.0865. The molecule has 4 heteroatoms. The van der Waals surface area contributed by atoms with E-state index in [1.54, 1.807) is 7.05 Å². The summed E-state index contributed by atoms with van der Waals surface area (Å²) < 4.78 is 1.54. The molecule has 0 fully saturated rings. The van der Waals surface area contributed by atoms with Crippen LogP contribution in [0, 0.1) is 0 Å². The molecule has 3 nitrogen and oxygen atoms in total. The van der Waals surface area contributed by atoms with Gasteiger partial charge >= 0.3 is 0 Å². The molecule has 0 aromatic carbocycles. The summed E-state index contributed by atoms with van der Waals surface area (Å²) in [5.41, 5.74) is 0.530. The largest absolute Gasteiger partial charge is 0.292 e. The lowest BCUT2D eigenvalue weighted by Crippen LogP contribution is -2.07. The van der Waals surface area contributed by atoms with Crippen LogP contribution in [0.4, 0.5) is 0 Å². The molecule has 1 heterocycles. The number of carbonyl (C=O) groups is 1. The summed E-state index contributed by atoms with van der Waals surface area (Å²) in [6.07, 6.45) is 5.20. The van der Waals surface area contributed by atoms with Gasteiger partial charge in [-0.15, -0.1) is 0 Å². The molecule has 0 unspecified atom stereocenters. The minimum absolute atomic E-state index is 0.0865. The molecular formula is C10H15ClN2O. The van der Waals surface area contributed by atoms with Crippen molar-refractivity contribution in [1.82, 2.24) is 9.78 Å². The molecule has 0 spiro atoms. The van der Waals surface area contributed by atoms with E-state index in [1.807, 2.05) is 0 Å². The molecule has 14 heavy (non-hydrogen) atoms. The SMILES string of the molecule is CCCCCC(=O)c1c(Cl)cnn1C. The molecule has 1 aromatic rings. The molecule has 0 N–H and O–H groups in total. The van der Waals surface area contributed by atoms with E-state index in [0.29, 0.717) is 17.1 Å². The average Bonchev–Trinajstić information content (AvgIpc) is 2.46. The Balaban J connectivity index is 2.60. The van der Waals surface area contributed by atoms with Crippen molar-refractivity contribution in [2.45, 2.75) is 32.6 Å². The first-order valence-corrected chi connectivity index (χ1v) is 5.25. The second-order valence-electron chi connectivity index (χ2n) is 3.35. The topological polar surface area (TPSA) is 34.9 Å². The summed E-state index contributed by atoms with van der Waals surface area (Å²) in [7, 11) is 1.74. The second kappa shape index (κ2) is 5.15. The van der Waals surface area contributed by atoms with Crippen molar-refractivity contribution in [2.75, 3.05) is 0 Å². The van der Waals surface area contributed by atoms with Crippen molar-refractivity contribution < 1.29 is 4.79 Å². The number of rotatable bonds is 5. The van der Waals surface area contributed by atoms with Gasteiger partial charge in [-0.2, -0.15) is 5.10 Å². The van der Waals surface area contributed by atoms with Crippen LogP contribution >= 0.6 is 11.6 Å². The smallest absolute Gasteiger partial charge is 0.182 e. The molecule has 0 aliphatic heterocycles. The normalized spacial score (nSPS) is 10.5. The highest BCUT2D eigenvalue weighted by molar-refractivity contribution is 6.33. The first-order chi connectivity index (χ1) is 6.66. The summed E-state index contributed by atoms with van der Waals surface area (Å²) in [4.78, 5) is 11.7. The Morgan fingerprint density at radius 1 is 1.57 bits per heavy atom. The fourth-order valence-corrected chi connectivity index (χ4v) is 1.65. The highest BCUT2D eigenvalue weighted by Crippen LogP contribution is 2.17. The van der Waals surface area contributed by atoms with Gasteiger partial charge in [0.15, 0.2) is 5.78 Å². The number of carbonyl (C=O) groups excluding carboxylic acids is 1. The molecule has 0 radical (unpaired) electrons. The van der Waals surface area contributed by atoms with Gasteiger partial charge < -0.3 is 0 Å². The summed E-state index contributed by atoms with van der Waals surface area (Å²) in [5, 5.41) is 4.38. The Kier molecular flexibility index (Phi) is 4.14. The summed E-state index contributed by atoms with van der Waals surface area (Å²) >= 11 is 5.85. The number of ketones is 1. The third kappa shape index (κ3) is 2.58. The number of nitrogens with zero attached hydrogens (tertiary/aromatic N) is 2. The predicted molar refractivity (Wildman–Crippen MR) is 56.7 cm³/mol. The Morgan fingerprint density at radius 3 is 2.79 bits per heavy atom. The summed E-state index contributed by atoms with van der Waals surface area (Å²) in [6.45, 7) is 2.11. The van der Waals surface area contributed by atoms with Crippen LogP contribution in [0.25, 0.3) is 0 Å². The van der Waals surface area contributed by atoms with E-state index < -0.39 is 0 Å². The number of hydrogen-bond donors (Lipinski definition) is 0. The van der Waals surface area contributed by atoms with Crippen LogP contribution < -0.4 is 0 Å². The molecule has 1 rings (SSSR count). The van der Waals surface area contributed by atoms with Crippen LogP contribution in [0.15, 0.2) is 6.20 Å². The zero-order valence-electron chi connectivity index (χ0n) is 8.59. The molecule has 78 valence electrons. The molecule has 0 atom stereocenters. The summed E-state index contributed by atoms with van der Waals surface area (Å²) in [5.74, 6) is 0.0865. The fourth-order valence-electron chi connectivity index (χ4n) is 1.38. The van der Waals surface area contributed by atoms with Crippen LogP contribution in [-0.4, -0.2) is 15.6 Å². The van der Waals surface area contributed by atoms with Crippen LogP contribution in [0.1, 0.15) is 43.1 Å². The van der Waals surface area contributed by atoms with Crippen molar-refractivity contribution in [3.05, 3.63) is 16.9 Å². The maximum atomic E-state index is 11.7. The standard InChI is InChI=1S/C10H15ClN2O/c1-3-4-5-6-9(14)10-8(11)7-12-13(10)2/h7H,3-6H2,1-2H3. The number of Topliss-reactive ketones (excluding diaryl/α,β-unsaturated/α-hetero) is 1. The van der Waals surface area contributed by atoms with Gasteiger partial charge in [-0.3, -0.25) is 9.48 Å². The number of aryl methyl sites for hydroxylation is 1. The lowest BCUT2D eigenvalue weighted by molar-refractivity contribution is 0.0970. The van der Waals surface area contributed by atoms with Crippen LogP contribution in [0.3, 0.4) is 0 Å². The van der Waals surface area contributed by atoms with Gasteiger partial charge in [-0.05, 0) is 6.42 Å². The molecular weight excluding hydrogens is 200 g/mol. The molecule has 0 saturated carbocycles. The Morgan fingerprint density at radius 2 is 2.29 bits per heavy atom. The van der Waals surface area contributed by atoms with Crippen molar-refractivity contribution in [3.8, 4) is 0 Å². The highest BCUT2D eigenvalue weighted by Gasteiger charge is 2.14. The van der Waals surface area contributed by atoms with E-state index in [9.17, 15) is 4.79 Å². The number of halogens is 1. The monoisotopic (exact) mass is 214 g/mol. The zero-order chi connectivity index (χ0) is 10.6. The molecule has 0 aliphatic carbocycles. The Labute approximate surface area is 89.1 Å². The van der Waals surface area contributed by atoms with Crippen LogP contribution in [0.2, 0.25) is 5.02 Å². The average molecular weight is 215 g/mol. The highest BCUT2D eigenvalue weighted by atomic mass is 35.5. The van der Waals surface area contributed by atoms with Crippen molar-refractivity contribution in [2.24, 2.45) is 7.05 Å². The molecule has 1 aromatic heterocycles. The second-order valence-corrected chi connectivity index (χ2v) is 3.75. The zero-order valence-corrected chi connectivity index (χ0v) is 9.34. The van der Waals surface area contributed by atoms with Gasteiger partial charge in [-0.25, -0.2) is 0 Å². The van der Waals surface area contributed by atoms with Crippen LogP contribution in [0.5, 0.6) is 0 Å². The Hall–Kier alpha value is -0.830. The molecule has 0 saturated heterocycles. The van der Waals surface area contributed by atoms with Crippen molar-refractivity contribution in [1.29, 1.82) is 0 Å². The first kappa shape index (κ1) is 11.2. The van der Waals surface area contributed by atoms with E-state index in [0.717, 1.165) is 19.3 Å². The van der Waals surface area contributed by atoms with Crippen molar-refractivity contribution in [3.63, 3.8) is 0 Å². The quantitative estimate of drug-likeness (QED) is 0.558. The van der Waals surface area contributed by atoms with Crippen molar-refractivity contribution >= 4 is 17.4 Å². The lowest BCUT2D eigenvalue weighted by atomic mass is 10.1. The molecule has 0 amide bonds. The number of aromatic nitrogens is 2. The lowest BCUT2D eigenvalue weighted by Gasteiger charge is -2.01. The number of hydrogen-bond acceptors (Lipinski definition) is 2. The van der Waals surface area contributed by atoms with Gasteiger partial charge in [-0.1, -0.05) is 31.4 Å². The fraction of sp³-hybridized carbons (Fsp3) is 0.600. The van der Waals surface area contributed by atoms with E-state index >= 15 is 0 Å². The van der Waals surface area contributed by atoms with Gasteiger partial charge in [0.1, 0.15) is 5.69 Å².